The predicted octanol–water partition coefficient (Wildman–Crippen LogP) is 4.87. The molecular weight excluding hydrogens is 438 g/mol. The molecule has 4 rings (SSSR count). The van der Waals surface area contributed by atoms with Gasteiger partial charge in [-0.1, -0.05) is 22.0 Å². The molecule has 0 radical (unpaired) electrons. The van der Waals surface area contributed by atoms with Crippen LogP contribution < -0.4 is 0 Å². The van der Waals surface area contributed by atoms with Gasteiger partial charge in [0.2, 0.25) is 0 Å². The van der Waals surface area contributed by atoms with Crippen molar-refractivity contribution in [3.8, 4) is 0 Å². The molecule has 1 aliphatic rings. The monoisotopic (exact) mass is 455 g/mol. The van der Waals surface area contributed by atoms with Crippen molar-refractivity contribution in [3.63, 3.8) is 0 Å². The lowest BCUT2D eigenvalue weighted by molar-refractivity contribution is -0.140. The first-order chi connectivity index (χ1) is 13.9. The Morgan fingerprint density at radius 2 is 1.97 bits per heavy atom. The van der Waals surface area contributed by atoms with Crippen LogP contribution in [0.25, 0.3) is 5.76 Å². The molecule has 3 heterocycles. The van der Waals surface area contributed by atoms with Crippen LogP contribution in [0.3, 0.4) is 0 Å². The van der Waals surface area contributed by atoms with Crippen LogP contribution in [-0.2, 0) is 16.1 Å². The standard InChI is InChI=1S/C22H18BrNO5/c1-12-10-14(6-7-16(12)23)20(25)18-19(17-8-5-13(2)29-17)24(22(27)21(18)26)11-15-4-3-9-28-15/h3-10,19,25H,11H2,1-2H3/b20-18-. The topological polar surface area (TPSA) is 83.9 Å². The van der Waals surface area contributed by atoms with E-state index >= 15 is 0 Å². The molecule has 1 fully saturated rings. The van der Waals surface area contributed by atoms with Crippen LogP contribution in [0.5, 0.6) is 0 Å². The first kappa shape index (κ1) is 19.3. The van der Waals surface area contributed by atoms with Gasteiger partial charge in [-0.15, -0.1) is 0 Å². The molecule has 1 saturated heterocycles. The van der Waals surface area contributed by atoms with Gasteiger partial charge in [0.25, 0.3) is 11.7 Å². The van der Waals surface area contributed by atoms with Gasteiger partial charge < -0.3 is 18.8 Å². The number of amides is 1. The molecule has 2 aromatic heterocycles. The number of carbonyl (C=O) groups excluding carboxylic acids is 2. The van der Waals surface area contributed by atoms with E-state index in [1.54, 1.807) is 49.4 Å². The Morgan fingerprint density at radius 3 is 2.59 bits per heavy atom. The summed E-state index contributed by atoms with van der Waals surface area (Å²) in [4.78, 5) is 27.1. The van der Waals surface area contributed by atoms with Crippen LogP contribution >= 0.6 is 15.9 Å². The highest BCUT2D eigenvalue weighted by atomic mass is 79.9. The van der Waals surface area contributed by atoms with Crippen LogP contribution in [0.2, 0.25) is 0 Å². The fourth-order valence-electron chi connectivity index (χ4n) is 3.46. The van der Waals surface area contributed by atoms with Crippen molar-refractivity contribution in [2.45, 2.75) is 26.4 Å². The third-order valence-electron chi connectivity index (χ3n) is 4.91. The molecule has 1 aliphatic heterocycles. The number of aliphatic hydroxyl groups is 1. The van der Waals surface area contributed by atoms with Crippen LogP contribution in [-0.4, -0.2) is 21.7 Å². The average Bonchev–Trinajstić information content (AvgIpc) is 3.41. The van der Waals surface area contributed by atoms with Crippen LogP contribution in [0.15, 0.2) is 67.6 Å². The van der Waals surface area contributed by atoms with Gasteiger partial charge in [0.05, 0.1) is 18.4 Å². The zero-order chi connectivity index (χ0) is 20.7. The smallest absolute Gasteiger partial charge is 0.296 e. The Kier molecular flexibility index (Phi) is 4.92. The lowest BCUT2D eigenvalue weighted by Crippen LogP contribution is -2.28. The Labute approximate surface area is 175 Å². The van der Waals surface area contributed by atoms with Crippen molar-refractivity contribution >= 4 is 33.4 Å². The zero-order valence-corrected chi connectivity index (χ0v) is 17.4. The first-order valence-corrected chi connectivity index (χ1v) is 9.79. The number of halogens is 1. The Balaban J connectivity index is 1.87. The number of benzene rings is 1. The lowest BCUT2D eigenvalue weighted by atomic mass is 9.98. The van der Waals surface area contributed by atoms with Gasteiger partial charge in [-0.25, -0.2) is 0 Å². The van der Waals surface area contributed by atoms with E-state index in [4.69, 9.17) is 8.83 Å². The first-order valence-electron chi connectivity index (χ1n) is 9.00. The number of rotatable bonds is 4. The number of aliphatic hydroxyl groups excluding tert-OH is 1. The second-order valence-electron chi connectivity index (χ2n) is 6.92. The van der Waals surface area contributed by atoms with Gasteiger partial charge in [0.1, 0.15) is 29.1 Å². The van der Waals surface area contributed by atoms with Gasteiger partial charge in [-0.05, 0) is 55.8 Å². The van der Waals surface area contributed by atoms with Gasteiger partial charge in [-0.2, -0.15) is 0 Å². The van der Waals surface area contributed by atoms with Gasteiger partial charge in [-0.3, -0.25) is 9.59 Å². The number of furan rings is 2. The molecule has 0 saturated carbocycles. The van der Waals surface area contributed by atoms with E-state index in [1.807, 2.05) is 6.92 Å². The molecule has 29 heavy (non-hydrogen) atoms. The fraction of sp³-hybridized carbons (Fsp3) is 0.182. The number of carbonyl (C=O) groups is 2. The summed E-state index contributed by atoms with van der Waals surface area (Å²) in [5.74, 6) is -0.129. The number of likely N-dealkylation sites (tertiary alicyclic amines) is 1. The van der Waals surface area contributed by atoms with Crippen LogP contribution in [0.1, 0.15) is 34.4 Å². The highest BCUT2D eigenvalue weighted by Crippen LogP contribution is 2.41. The van der Waals surface area contributed by atoms with Crippen molar-refractivity contribution in [2.75, 3.05) is 0 Å². The van der Waals surface area contributed by atoms with Crippen molar-refractivity contribution < 1.29 is 23.5 Å². The minimum atomic E-state index is -0.849. The lowest BCUT2D eigenvalue weighted by Gasteiger charge is -2.22. The molecule has 1 atom stereocenters. The average molecular weight is 456 g/mol. The maximum atomic E-state index is 12.9. The van der Waals surface area contributed by atoms with Crippen LogP contribution in [0.4, 0.5) is 0 Å². The SMILES string of the molecule is Cc1ccc(C2/C(=C(/O)c3ccc(Br)c(C)c3)C(=O)C(=O)N2Cc2ccco2)o1. The number of aryl methyl sites for hydroxylation is 2. The Bertz CT molecular complexity index is 1130. The van der Waals surface area contributed by atoms with Crippen molar-refractivity contribution in [3.05, 3.63) is 87.2 Å². The highest BCUT2D eigenvalue weighted by molar-refractivity contribution is 9.10. The largest absolute Gasteiger partial charge is 0.507 e. The number of hydrogen-bond donors (Lipinski definition) is 1. The summed E-state index contributed by atoms with van der Waals surface area (Å²) in [6.07, 6.45) is 1.50. The van der Waals surface area contributed by atoms with E-state index in [-0.39, 0.29) is 17.9 Å². The van der Waals surface area contributed by atoms with E-state index in [1.165, 1.54) is 11.2 Å². The van der Waals surface area contributed by atoms with E-state index in [9.17, 15) is 14.7 Å². The maximum Gasteiger partial charge on any atom is 0.296 e. The zero-order valence-electron chi connectivity index (χ0n) is 15.8. The quantitative estimate of drug-likeness (QED) is 0.344. The van der Waals surface area contributed by atoms with Crippen molar-refractivity contribution in [1.82, 2.24) is 4.90 Å². The Morgan fingerprint density at radius 1 is 1.17 bits per heavy atom. The fourth-order valence-corrected chi connectivity index (χ4v) is 3.70. The van der Waals surface area contributed by atoms with Gasteiger partial charge >= 0.3 is 0 Å². The van der Waals surface area contributed by atoms with Crippen LogP contribution in [0, 0.1) is 13.8 Å². The van der Waals surface area contributed by atoms with Gasteiger partial charge in [0, 0.05) is 10.0 Å². The maximum absolute atomic E-state index is 12.9. The molecule has 0 spiro atoms. The number of nitrogens with zero attached hydrogens (tertiary/aromatic N) is 1. The molecule has 1 unspecified atom stereocenters. The predicted molar refractivity (Wildman–Crippen MR) is 109 cm³/mol. The van der Waals surface area contributed by atoms with Gasteiger partial charge in [0.15, 0.2) is 0 Å². The van der Waals surface area contributed by atoms with Crippen molar-refractivity contribution in [2.24, 2.45) is 0 Å². The molecule has 0 bridgehead atoms. The normalized spacial score (nSPS) is 18.6. The van der Waals surface area contributed by atoms with E-state index in [0.717, 1.165) is 10.0 Å². The van der Waals surface area contributed by atoms with E-state index in [0.29, 0.717) is 22.8 Å². The van der Waals surface area contributed by atoms with Crippen molar-refractivity contribution in [1.29, 1.82) is 0 Å². The van der Waals surface area contributed by atoms with E-state index in [2.05, 4.69) is 15.9 Å². The third-order valence-corrected chi connectivity index (χ3v) is 5.80. The summed E-state index contributed by atoms with van der Waals surface area (Å²) in [6, 6.07) is 11.3. The number of Topliss-reactive ketones (excluding diaryl/α,β-unsaturated/α-hetero) is 1. The second kappa shape index (κ2) is 7.40. The summed E-state index contributed by atoms with van der Waals surface area (Å²) in [7, 11) is 0. The second-order valence-corrected chi connectivity index (χ2v) is 7.77. The molecule has 3 aromatic rings. The molecule has 148 valence electrons. The number of hydrogen-bond acceptors (Lipinski definition) is 5. The third kappa shape index (κ3) is 3.42. The summed E-state index contributed by atoms with van der Waals surface area (Å²) >= 11 is 3.43. The molecule has 1 N–H and O–H groups in total. The minimum Gasteiger partial charge on any atom is -0.507 e. The summed E-state index contributed by atoms with van der Waals surface area (Å²) in [6.45, 7) is 3.74. The highest BCUT2D eigenvalue weighted by Gasteiger charge is 2.47. The molecule has 1 amide bonds. The van der Waals surface area contributed by atoms with E-state index < -0.39 is 17.7 Å². The molecule has 0 aliphatic carbocycles. The number of ketones is 1. The summed E-state index contributed by atoms with van der Waals surface area (Å²) in [5.41, 5.74) is 1.34. The molecule has 1 aromatic carbocycles. The minimum absolute atomic E-state index is 0.00220. The Hall–Kier alpha value is -3.06. The molecule has 6 nitrogen and oxygen atoms in total. The summed E-state index contributed by atoms with van der Waals surface area (Å²) < 4.78 is 12.0. The molecular formula is C22H18BrNO5. The molecule has 7 heteroatoms. The summed E-state index contributed by atoms with van der Waals surface area (Å²) in [5, 5.41) is 11.0.